The summed E-state index contributed by atoms with van der Waals surface area (Å²) in [6, 6.07) is 4.41. The molecule has 0 aliphatic carbocycles. The second-order valence-electron chi connectivity index (χ2n) is 2.94. The molecule has 15 heavy (non-hydrogen) atoms. The Kier molecular flexibility index (Phi) is 3.35. The van der Waals surface area contributed by atoms with Crippen molar-refractivity contribution in [3.63, 3.8) is 0 Å². The van der Waals surface area contributed by atoms with Crippen LogP contribution in [-0.2, 0) is 10.0 Å². The lowest BCUT2D eigenvalue weighted by Crippen LogP contribution is -2.29. The van der Waals surface area contributed by atoms with E-state index in [-0.39, 0.29) is 5.56 Å². The molecule has 0 unspecified atom stereocenters. The number of anilines is 1. The third-order valence-electron chi connectivity index (χ3n) is 1.54. The Balaban J connectivity index is 2.98. The summed E-state index contributed by atoms with van der Waals surface area (Å²) in [6.07, 6.45) is 0.914. The summed E-state index contributed by atoms with van der Waals surface area (Å²) < 4.78 is 24.0. The van der Waals surface area contributed by atoms with Crippen LogP contribution < -0.4 is 10.5 Å². The fourth-order valence-corrected chi connectivity index (χ4v) is 1.73. The highest BCUT2D eigenvalue weighted by Gasteiger charge is 2.11. The van der Waals surface area contributed by atoms with E-state index in [2.05, 4.69) is 15.9 Å². The number of carbonyl (C=O) groups is 1. The number of nitrogens with two attached hydrogens (primary N) is 1. The van der Waals surface area contributed by atoms with E-state index >= 15 is 0 Å². The lowest BCUT2D eigenvalue weighted by molar-refractivity contribution is 0.0981. The summed E-state index contributed by atoms with van der Waals surface area (Å²) in [5.41, 5.74) is 6.22. The maximum atomic E-state index is 11.4. The molecule has 5 nitrogen and oxygen atoms in total. The number of hydrogen-bond donors (Lipinski definition) is 2. The number of benzene rings is 1. The van der Waals surface area contributed by atoms with E-state index < -0.39 is 15.9 Å². The van der Waals surface area contributed by atoms with Gasteiger partial charge in [0, 0.05) is 15.7 Å². The van der Waals surface area contributed by atoms with Crippen LogP contribution in [-0.4, -0.2) is 20.6 Å². The first-order chi connectivity index (χ1) is 6.79. The van der Waals surface area contributed by atoms with Crippen molar-refractivity contribution >= 4 is 37.5 Å². The van der Waals surface area contributed by atoms with Gasteiger partial charge in [0.25, 0.3) is 5.91 Å². The topological polar surface area (TPSA) is 89.3 Å². The van der Waals surface area contributed by atoms with Gasteiger partial charge in [-0.1, -0.05) is 0 Å². The molecule has 0 aromatic heterocycles. The smallest absolute Gasteiger partial charge is 0.264 e. The zero-order valence-corrected chi connectivity index (χ0v) is 10.2. The van der Waals surface area contributed by atoms with Gasteiger partial charge >= 0.3 is 0 Å². The zero-order chi connectivity index (χ0) is 11.6. The van der Waals surface area contributed by atoms with Crippen molar-refractivity contribution in [1.82, 2.24) is 4.72 Å². The molecule has 7 heteroatoms. The highest BCUT2D eigenvalue weighted by Crippen LogP contribution is 2.20. The predicted octanol–water partition coefficient (Wildman–Crippen LogP) is 0.721. The molecule has 0 saturated carbocycles. The van der Waals surface area contributed by atoms with Crippen molar-refractivity contribution in [1.29, 1.82) is 0 Å². The number of rotatable bonds is 2. The van der Waals surface area contributed by atoms with Gasteiger partial charge in [-0.15, -0.1) is 0 Å². The van der Waals surface area contributed by atoms with Crippen molar-refractivity contribution in [2.45, 2.75) is 0 Å². The molecule has 1 rings (SSSR count). The lowest BCUT2D eigenvalue weighted by atomic mass is 10.2. The molecular weight excluding hydrogens is 284 g/mol. The number of nitrogen functional groups attached to an aromatic ring is 1. The Hall–Kier alpha value is -1.08. The number of carbonyl (C=O) groups excluding carboxylic acids is 1. The quantitative estimate of drug-likeness (QED) is 0.786. The molecule has 0 saturated heterocycles. The summed E-state index contributed by atoms with van der Waals surface area (Å²) >= 11 is 3.14. The Labute approximate surface area is 95.8 Å². The molecule has 1 aromatic rings. The predicted molar refractivity (Wildman–Crippen MR) is 60.9 cm³/mol. The van der Waals surface area contributed by atoms with Gasteiger partial charge in [0.15, 0.2) is 0 Å². The second-order valence-corrected chi connectivity index (χ2v) is 5.54. The Morgan fingerprint density at radius 2 is 2.07 bits per heavy atom. The van der Waals surface area contributed by atoms with Crippen molar-refractivity contribution < 1.29 is 13.2 Å². The van der Waals surface area contributed by atoms with Crippen LogP contribution in [0.3, 0.4) is 0 Å². The number of nitrogens with one attached hydrogen (secondary N) is 1. The summed E-state index contributed by atoms with van der Waals surface area (Å²) in [7, 11) is -3.54. The van der Waals surface area contributed by atoms with Crippen LogP contribution >= 0.6 is 15.9 Å². The van der Waals surface area contributed by atoms with Crippen LogP contribution in [0.25, 0.3) is 0 Å². The van der Waals surface area contributed by atoms with Crippen molar-refractivity contribution in [3.05, 3.63) is 28.2 Å². The van der Waals surface area contributed by atoms with Gasteiger partial charge < -0.3 is 5.73 Å². The molecule has 82 valence electrons. The molecular formula is C8H9BrN2O3S. The number of sulfonamides is 1. The second kappa shape index (κ2) is 4.19. The largest absolute Gasteiger partial charge is 0.398 e. The van der Waals surface area contributed by atoms with Crippen LogP contribution in [0.15, 0.2) is 22.7 Å². The standard InChI is InChI=1S/C8H9BrN2O3S/c1-15(13,14)11-8(12)5-2-3-7(10)6(9)4-5/h2-4H,10H2,1H3,(H,11,12). The van der Waals surface area contributed by atoms with Crippen molar-refractivity contribution in [2.24, 2.45) is 0 Å². The highest BCUT2D eigenvalue weighted by atomic mass is 79.9. The number of amides is 1. The van der Waals surface area contributed by atoms with Crippen LogP contribution in [0.1, 0.15) is 10.4 Å². The van der Waals surface area contributed by atoms with Gasteiger partial charge in [0.1, 0.15) is 0 Å². The van der Waals surface area contributed by atoms with E-state index in [1.165, 1.54) is 18.2 Å². The van der Waals surface area contributed by atoms with Gasteiger partial charge in [0.05, 0.1) is 6.26 Å². The monoisotopic (exact) mass is 292 g/mol. The van der Waals surface area contributed by atoms with Crippen molar-refractivity contribution in [3.8, 4) is 0 Å². The first kappa shape index (κ1) is 12.0. The van der Waals surface area contributed by atoms with Crippen LogP contribution in [0.5, 0.6) is 0 Å². The van der Waals surface area contributed by atoms with E-state index in [1.54, 1.807) is 0 Å². The normalized spacial score (nSPS) is 11.1. The lowest BCUT2D eigenvalue weighted by Gasteiger charge is -2.04. The molecule has 1 amide bonds. The summed E-state index contributed by atoms with van der Waals surface area (Å²) in [5.74, 6) is -0.682. The average Bonchev–Trinajstić information content (AvgIpc) is 2.06. The minimum atomic E-state index is -3.54. The van der Waals surface area contributed by atoms with Crippen LogP contribution in [0, 0.1) is 0 Å². The summed E-state index contributed by atoms with van der Waals surface area (Å²) in [5, 5.41) is 0. The first-order valence-corrected chi connectivity index (χ1v) is 6.55. The molecule has 0 bridgehead atoms. The van der Waals surface area contributed by atoms with E-state index in [9.17, 15) is 13.2 Å². The maximum Gasteiger partial charge on any atom is 0.264 e. The van der Waals surface area contributed by atoms with Gasteiger partial charge in [-0.2, -0.15) is 0 Å². The molecule has 0 atom stereocenters. The fraction of sp³-hybridized carbons (Fsp3) is 0.125. The van der Waals surface area contributed by atoms with Crippen LogP contribution in [0.2, 0.25) is 0 Å². The molecule has 0 fully saturated rings. The van der Waals surface area contributed by atoms with Crippen molar-refractivity contribution in [2.75, 3.05) is 12.0 Å². The number of halogens is 1. The van der Waals surface area contributed by atoms with E-state index in [0.29, 0.717) is 10.2 Å². The highest BCUT2D eigenvalue weighted by molar-refractivity contribution is 9.10. The zero-order valence-electron chi connectivity index (χ0n) is 7.82. The fourth-order valence-electron chi connectivity index (χ4n) is 0.896. The molecule has 0 heterocycles. The first-order valence-electron chi connectivity index (χ1n) is 3.87. The molecule has 0 aliphatic rings. The molecule has 3 N–H and O–H groups in total. The third-order valence-corrected chi connectivity index (χ3v) is 2.78. The van der Waals surface area contributed by atoms with Gasteiger partial charge in [-0.05, 0) is 34.1 Å². The minimum Gasteiger partial charge on any atom is -0.398 e. The Bertz CT molecular complexity index is 499. The maximum absolute atomic E-state index is 11.4. The average molecular weight is 293 g/mol. The Morgan fingerprint density at radius 1 is 1.47 bits per heavy atom. The molecule has 0 spiro atoms. The Morgan fingerprint density at radius 3 is 2.53 bits per heavy atom. The van der Waals surface area contributed by atoms with E-state index in [1.807, 2.05) is 4.72 Å². The van der Waals surface area contributed by atoms with Crippen LogP contribution in [0.4, 0.5) is 5.69 Å². The van der Waals surface area contributed by atoms with Gasteiger partial charge in [-0.25, -0.2) is 13.1 Å². The van der Waals surface area contributed by atoms with Gasteiger partial charge in [0.2, 0.25) is 10.0 Å². The molecule has 0 aliphatic heterocycles. The van der Waals surface area contributed by atoms with E-state index in [4.69, 9.17) is 5.73 Å². The summed E-state index contributed by atoms with van der Waals surface area (Å²) in [4.78, 5) is 11.4. The summed E-state index contributed by atoms with van der Waals surface area (Å²) in [6.45, 7) is 0. The van der Waals surface area contributed by atoms with Gasteiger partial charge in [-0.3, -0.25) is 4.79 Å². The van der Waals surface area contributed by atoms with E-state index in [0.717, 1.165) is 6.26 Å². The molecule has 0 radical (unpaired) electrons. The number of hydrogen-bond acceptors (Lipinski definition) is 4. The minimum absolute atomic E-state index is 0.224. The third kappa shape index (κ3) is 3.52. The molecule has 1 aromatic carbocycles. The SMILES string of the molecule is CS(=O)(=O)NC(=O)c1ccc(N)c(Br)c1.